The number of amides is 5. The lowest BCUT2D eigenvalue weighted by molar-refractivity contribution is -0.132. The monoisotopic (exact) mass is 982 g/mol. The molecule has 69 heavy (non-hydrogen) atoms. The van der Waals surface area contributed by atoms with E-state index in [1.54, 1.807) is 26.2 Å². The number of methoxy groups -OCH3 is 1. The third-order valence-electron chi connectivity index (χ3n) is 11.3. The Bertz CT molecular complexity index is 1500. The zero-order valence-corrected chi connectivity index (χ0v) is 42.4. The molecule has 1 aliphatic rings. The van der Waals surface area contributed by atoms with Crippen LogP contribution in [0.4, 0.5) is 5.69 Å². The second kappa shape index (κ2) is 40.9. The van der Waals surface area contributed by atoms with Gasteiger partial charge in [0.15, 0.2) is 0 Å². The van der Waals surface area contributed by atoms with Crippen LogP contribution >= 0.6 is 0 Å². The highest BCUT2D eigenvalue weighted by molar-refractivity contribution is 5.98. The average Bonchev–Trinajstić information content (AvgIpc) is 3.30. The van der Waals surface area contributed by atoms with Crippen molar-refractivity contribution in [2.75, 3.05) is 131 Å². The number of benzene rings is 1. The predicted molar refractivity (Wildman–Crippen MR) is 262 cm³/mol. The van der Waals surface area contributed by atoms with Gasteiger partial charge < -0.3 is 69.2 Å². The van der Waals surface area contributed by atoms with E-state index in [1.165, 1.54) is 44.9 Å². The van der Waals surface area contributed by atoms with E-state index in [-0.39, 0.29) is 49.0 Å². The van der Waals surface area contributed by atoms with E-state index in [4.69, 9.17) is 42.6 Å². The molecule has 2 rings (SSSR count). The van der Waals surface area contributed by atoms with E-state index in [2.05, 4.69) is 33.5 Å². The van der Waals surface area contributed by atoms with Crippen molar-refractivity contribution in [2.24, 2.45) is 17.8 Å². The average molecular weight is 982 g/mol. The number of carbonyl (C=O) groups is 5. The van der Waals surface area contributed by atoms with Crippen molar-refractivity contribution < 1.29 is 66.6 Å². The fourth-order valence-electron chi connectivity index (χ4n) is 7.31. The van der Waals surface area contributed by atoms with Gasteiger partial charge in [0.1, 0.15) is 12.1 Å². The maximum absolute atomic E-state index is 13.0. The highest BCUT2D eigenvalue weighted by Gasteiger charge is 2.27. The van der Waals surface area contributed by atoms with E-state index < -0.39 is 18.0 Å². The van der Waals surface area contributed by atoms with Crippen LogP contribution in [0.5, 0.6) is 0 Å². The first-order valence-electron chi connectivity index (χ1n) is 25.1. The van der Waals surface area contributed by atoms with Crippen LogP contribution in [0.3, 0.4) is 0 Å². The summed E-state index contributed by atoms with van der Waals surface area (Å²) in [6.45, 7) is 15.0. The summed E-state index contributed by atoms with van der Waals surface area (Å²) in [6.07, 6.45) is 9.78. The number of carbonyl (C=O) groups excluding carboxylic acids is 5. The van der Waals surface area contributed by atoms with Crippen molar-refractivity contribution in [2.45, 2.75) is 111 Å². The molecule has 1 saturated carbocycles. The molecule has 1 aliphatic carbocycles. The van der Waals surface area contributed by atoms with E-state index in [0.29, 0.717) is 143 Å². The summed E-state index contributed by atoms with van der Waals surface area (Å²) < 4.78 is 49.2. The molecular formula is C50H87N5O14. The fraction of sp³-hybridized carbons (Fsp3) is 0.780. The maximum Gasteiger partial charge on any atom is 0.246 e. The summed E-state index contributed by atoms with van der Waals surface area (Å²) in [5.74, 6) is -0.434. The minimum atomic E-state index is -0.821. The molecule has 5 amide bonds. The predicted octanol–water partition coefficient (Wildman–Crippen LogP) is 3.95. The first kappa shape index (κ1) is 61.3. The van der Waals surface area contributed by atoms with Gasteiger partial charge >= 0.3 is 0 Å². The quantitative estimate of drug-likeness (QED) is 0.0586. The second-order valence-corrected chi connectivity index (χ2v) is 17.5. The van der Waals surface area contributed by atoms with Crippen LogP contribution in [0, 0.1) is 17.8 Å². The van der Waals surface area contributed by atoms with Crippen molar-refractivity contribution >= 4 is 35.2 Å². The SMILES string of the molecule is COCc1ccc(NC(=O)C(C)NC(=O)[C@@H](NC(=O)CCOCCOCCOCCOCCOCCOCCOCCOCCNC(=O)CCNC(=O)CC(C)C2CCCCCCC2)C(C)C)cc1. The highest BCUT2D eigenvalue weighted by Crippen LogP contribution is 2.29. The third kappa shape index (κ3) is 32.7. The molecule has 1 aromatic rings. The summed E-state index contributed by atoms with van der Waals surface area (Å²) in [7, 11) is 1.61. The third-order valence-corrected chi connectivity index (χ3v) is 11.3. The molecule has 19 nitrogen and oxygen atoms in total. The Morgan fingerprint density at radius 2 is 0.986 bits per heavy atom. The summed E-state index contributed by atoms with van der Waals surface area (Å²) in [4.78, 5) is 62.6. The fourth-order valence-corrected chi connectivity index (χ4v) is 7.31. The Kier molecular flexibility index (Phi) is 36.3. The van der Waals surface area contributed by atoms with Gasteiger partial charge in [0, 0.05) is 45.1 Å². The van der Waals surface area contributed by atoms with Gasteiger partial charge in [-0.25, -0.2) is 0 Å². The van der Waals surface area contributed by atoms with Crippen LogP contribution in [0.1, 0.15) is 97.5 Å². The van der Waals surface area contributed by atoms with E-state index in [1.807, 2.05) is 26.0 Å². The summed E-state index contributed by atoms with van der Waals surface area (Å²) in [5, 5.41) is 13.9. The van der Waals surface area contributed by atoms with Gasteiger partial charge in [-0.15, -0.1) is 0 Å². The van der Waals surface area contributed by atoms with Crippen LogP contribution in [0.15, 0.2) is 24.3 Å². The number of anilines is 1. The lowest BCUT2D eigenvalue weighted by Gasteiger charge is -2.25. The molecule has 0 aromatic heterocycles. The van der Waals surface area contributed by atoms with Crippen LogP contribution in [-0.2, 0) is 73.2 Å². The number of nitrogens with one attached hydrogen (secondary N) is 5. The molecule has 1 aromatic carbocycles. The van der Waals surface area contributed by atoms with Gasteiger partial charge in [0.2, 0.25) is 29.5 Å². The summed E-state index contributed by atoms with van der Waals surface area (Å²) in [6, 6.07) is 5.59. The van der Waals surface area contributed by atoms with Crippen molar-refractivity contribution in [3.05, 3.63) is 29.8 Å². The van der Waals surface area contributed by atoms with Crippen molar-refractivity contribution in [3.63, 3.8) is 0 Å². The standard InChI is InChI=1S/C50H87N5O14/c1-39(2)48(50(60)53-41(4)49(59)54-44-15-13-42(14-16-44)38-61-5)55-46(57)18-21-62-23-25-64-27-29-66-31-33-68-35-36-69-34-32-67-30-28-65-26-24-63-22-20-52-45(56)17-19-51-47(58)37-40(3)43-11-9-7-6-8-10-12-43/h13-16,39-41,43,48H,6-12,17-38H2,1-5H3,(H,51,58)(H,52,56)(H,53,60)(H,54,59)(H,55,57)/t40?,41?,48-/m0/s1. The van der Waals surface area contributed by atoms with Crippen molar-refractivity contribution in [1.82, 2.24) is 21.3 Å². The molecule has 0 bridgehead atoms. The maximum atomic E-state index is 13.0. The summed E-state index contributed by atoms with van der Waals surface area (Å²) in [5.41, 5.74) is 1.57. The molecule has 396 valence electrons. The molecule has 0 radical (unpaired) electrons. The van der Waals surface area contributed by atoms with Gasteiger partial charge in [-0.2, -0.15) is 0 Å². The zero-order valence-electron chi connectivity index (χ0n) is 42.4. The van der Waals surface area contributed by atoms with Gasteiger partial charge in [0.05, 0.1) is 112 Å². The minimum absolute atomic E-state index is 0.0319. The van der Waals surface area contributed by atoms with Crippen LogP contribution in [0.2, 0.25) is 0 Å². The van der Waals surface area contributed by atoms with Gasteiger partial charge in [-0.05, 0) is 42.4 Å². The molecule has 2 unspecified atom stereocenters. The molecule has 3 atom stereocenters. The van der Waals surface area contributed by atoms with Crippen LogP contribution < -0.4 is 26.6 Å². The second-order valence-electron chi connectivity index (χ2n) is 17.5. The van der Waals surface area contributed by atoms with Gasteiger partial charge in [-0.1, -0.05) is 77.8 Å². The Hall–Kier alpha value is -3.79. The molecule has 5 N–H and O–H groups in total. The number of hydrogen-bond acceptors (Lipinski definition) is 14. The van der Waals surface area contributed by atoms with Crippen molar-refractivity contribution in [3.8, 4) is 0 Å². The minimum Gasteiger partial charge on any atom is -0.380 e. The number of rotatable bonds is 41. The van der Waals surface area contributed by atoms with E-state index in [0.717, 1.165) is 5.56 Å². The molecule has 19 heteroatoms. The number of hydrogen-bond donors (Lipinski definition) is 5. The normalized spacial score (nSPS) is 14.6. The van der Waals surface area contributed by atoms with Crippen LogP contribution in [0.25, 0.3) is 0 Å². The highest BCUT2D eigenvalue weighted by atomic mass is 16.6. The van der Waals surface area contributed by atoms with E-state index in [9.17, 15) is 24.0 Å². The molecular weight excluding hydrogens is 895 g/mol. The zero-order chi connectivity index (χ0) is 50.2. The Labute approximate surface area is 411 Å². The summed E-state index contributed by atoms with van der Waals surface area (Å²) >= 11 is 0. The lowest BCUT2D eigenvalue weighted by atomic mass is 9.81. The number of ether oxygens (including phenoxy) is 9. The largest absolute Gasteiger partial charge is 0.380 e. The Balaban J connectivity index is 1.29. The lowest BCUT2D eigenvalue weighted by Crippen LogP contribution is -2.53. The Morgan fingerprint density at radius 3 is 1.48 bits per heavy atom. The topological polar surface area (TPSA) is 229 Å². The molecule has 0 spiro atoms. The van der Waals surface area contributed by atoms with Crippen LogP contribution in [-0.4, -0.2) is 168 Å². The molecule has 0 heterocycles. The smallest absolute Gasteiger partial charge is 0.246 e. The molecule has 0 saturated heterocycles. The Morgan fingerprint density at radius 1 is 0.522 bits per heavy atom. The van der Waals surface area contributed by atoms with Crippen molar-refractivity contribution in [1.29, 1.82) is 0 Å². The van der Waals surface area contributed by atoms with Gasteiger partial charge in [-0.3, -0.25) is 24.0 Å². The first-order chi connectivity index (χ1) is 33.5. The molecule has 1 fully saturated rings. The molecule has 0 aliphatic heterocycles. The van der Waals surface area contributed by atoms with Gasteiger partial charge in [0.25, 0.3) is 0 Å². The van der Waals surface area contributed by atoms with E-state index >= 15 is 0 Å². The first-order valence-corrected chi connectivity index (χ1v) is 25.1.